The average molecular weight is 376 g/mol. The van der Waals surface area contributed by atoms with Gasteiger partial charge in [-0.25, -0.2) is 4.98 Å². The summed E-state index contributed by atoms with van der Waals surface area (Å²) in [6, 6.07) is 7.76. The van der Waals surface area contributed by atoms with Crippen molar-refractivity contribution in [2.24, 2.45) is 0 Å². The highest BCUT2D eigenvalue weighted by molar-refractivity contribution is 6.33. The maximum atomic E-state index is 12.3. The molecule has 0 radical (unpaired) electrons. The number of nitrogens with zero attached hydrogens (tertiary/aromatic N) is 2. The van der Waals surface area contributed by atoms with Gasteiger partial charge in [0.1, 0.15) is 5.76 Å². The topological polar surface area (TPSA) is 58.4 Å². The summed E-state index contributed by atoms with van der Waals surface area (Å²) < 4.78 is 5.72. The molecule has 3 rings (SSSR count). The molecule has 1 amide bonds. The number of aryl methyl sites for hydroxylation is 1. The van der Waals surface area contributed by atoms with Crippen LogP contribution in [0.2, 0.25) is 5.02 Å². The third kappa shape index (κ3) is 4.65. The number of carbonyl (C=O) groups is 1. The Hall–Kier alpha value is -1.85. The van der Waals surface area contributed by atoms with Crippen molar-refractivity contribution in [3.8, 4) is 11.5 Å². The van der Waals surface area contributed by atoms with Gasteiger partial charge in [0.05, 0.1) is 22.7 Å². The predicted octanol–water partition coefficient (Wildman–Crippen LogP) is 3.84. The molecule has 1 N–H and O–H groups in total. The molecule has 0 saturated carbocycles. The summed E-state index contributed by atoms with van der Waals surface area (Å²) in [7, 11) is 0. The average Bonchev–Trinajstić information content (AvgIpc) is 3.01. The van der Waals surface area contributed by atoms with Gasteiger partial charge in [-0.2, -0.15) is 0 Å². The summed E-state index contributed by atoms with van der Waals surface area (Å²) in [5.74, 6) is 1.08. The minimum Gasteiger partial charge on any atom is -0.441 e. The Labute approximate surface area is 159 Å². The number of oxazole rings is 1. The number of benzene rings is 1. The van der Waals surface area contributed by atoms with E-state index in [0.717, 1.165) is 18.7 Å². The second-order valence-corrected chi connectivity index (χ2v) is 7.34. The molecule has 1 atom stereocenters. The van der Waals surface area contributed by atoms with E-state index >= 15 is 0 Å². The molecule has 2 aromatic rings. The summed E-state index contributed by atoms with van der Waals surface area (Å²) in [5, 5.41) is 3.61. The molecule has 5 nitrogen and oxygen atoms in total. The maximum Gasteiger partial charge on any atom is 0.228 e. The van der Waals surface area contributed by atoms with Crippen LogP contribution >= 0.6 is 11.6 Å². The number of piperidine rings is 1. The molecule has 0 aliphatic carbocycles. The highest BCUT2D eigenvalue weighted by Gasteiger charge is 2.19. The van der Waals surface area contributed by atoms with Crippen LogP contribution in [0.25, 0.3) is 11.5 Å². The Balaban J connectivity index is 1.57. The molecule has 1 aromatic carbocycles. The van der Waals surface area contributed by atoms with Crippen LogP contribution in [-0.4, -0.2) is 41.5 Å². The lowest BCUT2D eigenvalue weighted by molar-refractivity contribution is -0.120. The van der Waals surface area contributed by atoms with E-state index in [0.29, 0.717) is 35.0 Å². The molecule has 0 spiro atoms. The summed E-state index contributed by atoms with van der Waals surface area (Å²) in [4.78, 5) is 19.2. The van der Waals surface area contributed by atoms with Gasteiger partial charge in [0.25, 0.3) is 0 Å². The smallest absolute Gasteiger partial charge is 0.228 e. The van der Waals surface area contributed by atoms with Crippen molar-refractivity contribution in [3.63, 3.8) is 0 Å². The van der Waals surface area contributed by atoms with Crippen molar-refractivity contribution in [1.29, 1.82) is 0 Å². The van der Waals surface area contributed by atoms with Crippen LogP contribution in [0, 0.1) is 6.92 Å². The van der Waals surface area contributed by atoms with Gasteiger partial charge in [0.15, 0.2) is 0 Å². The highest BCUT2D eigenvalue weighted by Crippen LogP contribution is 2.28. The standard InChI is InChI=1S/C20H26ClN3O2/c1-14(24-10-6-3-7-11-24)13-22-19(25)12-18-15(2)26-20(23-18)16-8-4-5-9-17(16)21/h4-5,8-9,14H,3,6-7,10-13H2,1-2H3,(H,22,25). The lowest BCUT2D eigenvalue weighted by Crippen LogP contribution is -2.44. The van der Waals surface area contributed by atoms with E-state index in [2.05, 4.69) is 22.1 Å². The molecule has 1 aliphatic heterocycles. The molecular weight excluding hydrogens is 350 g/mol. The van der Waals surface area contributed by atoms with Crippen LogP contribution in [-0.2, 0) is 11.2 Å². The van der Waals surface area contributed by atoms with Crippen molar-refractivity contribution < 1.29 is 9.21 Å². The molecule has 1 aliphatic rings. The Morgan fingerprint density at radius 2 is 2.04 bits per heavy atom. The SMILES string of the molecule is Cc1oc(-c2ccccc2Cl)nc1CC(=O)NCC(C)N1CCCCC1. The van der Waals surface area contributed by atoms with Gasteiger partial charge in [0.2, 0.25) is 11.8 Å². The number of rotatable bonds is 6. The van der Waals surface area contributed by atoms with Crippen molar-refractivity contribution in [3.05, 3.63) is 40.7 Å². The monoisotopic (exact) mass is 375 g/mol. The summed E-state index contributed by atoms with van der Waals surface area (Å²) in [6.45, 7) is 6.91. The fourth-order valence-electron chi connectivity index (χ4n) is 3.31. The van der Waals surface area contributed by atoms with Gasteiger partial charge in [-0.05, 0) is 51.9 Å². The number of hydrogen-bond acceptors (Lipinski definition) is 4. The number of carbonyl (C=O) groups excluding carboxylic acids is 1. The molecule has 1 saturated heterocycles. The van der Waals surface area contributed by atoms with Crippen LogP contribution < -0.4 is 5.32 Å². The number of likely N-dealkylation sites (tertiary alicyclic amines) is 1. The van der Waals surface area contributed by atoms with Gasteiger partial charge in [-0.3, -0.25) is 9.69 Å². The minimum absolute atomic E-state index is 0.0315. The first-order valence-electron chi connectivity index (χ1n) is 9.26. The van der Waals surface area contributed by atoms with E-state index in [-0.39, 0.29) is 12.3 Å². The zero-order chi connectivity index (χ0) is 18.5. The van der Waals surface area contributed by atoms with Crippen LogP contribution in [0.4, 0.5) is 0 Å². The Kier molecular flexibility index (Phi) is 6.33. The third-order valence-corrected chi connectivity index (χ3v) is 5.26. The van der Waals surface area contributed by atoms with Gasteiger partial charge >= 0.3 is 0 Å². The third-order valence-electron chi connectivity index (χ3n) is 4.93. The lowest BCUT2D eigenvalue weighted by atomic mass is 10.1. The first kappa shape index (κ1) is 18.9. The molecule has 140 valence electrons. The molecule has 6 heteroatoms. The molecule has 26 heavy (non-hydrogen) atoms. The maximum absolute atomic E-state index is 12.3. The first-order chi connectivity index (χ1) is 12.5. The summed E-state index contributed by atoms with van der Waals surface area (Å²) in [5.41, 5.74) is 1.39. The molecule has 1 fully saturated rings. The normalized spacial score (nSPS) is 16.4. The van der Waals surface area contributed by atoms with Crippen molar-refractivity contribution in [2.45, 2.75) is 45.6 Å². The predicted molar refractivity (Wildman–Crippen MR) is 103 cm³/mol. The second-order valence-electron chi connectivity index (χ2n) is 6.93. The van der Waals surface area contributed by atoms with Gasteiger partial charge in [-0.1, -0.05) is 30.2 Å². The number of nitrogens with one attached hydrogen (secondary N) is 1. The van der Waals surface area contributed by atoms with E-state index in [1.807, 2.05) is 25.1 Å². The Morgan fingerprint density at radius 3 is 2.77 bits per heavy atom. The van der Waals surface area contributed by atoms with Crippen LogP contribution in [0.15, 0.2) is 28.7 Å². The molecule has 2 heterocycles. The highest BCUT2D eigenvalue weighted by atomic mass is 35.5. The van der Waals surface area contributed by atoms with Crippen LogP contribution in [0.5, 0.6) is 0 Å². The van der Waals surface area contributed by atoms with Crippen molar-refractivity contribution in [2.75, 3.05) is 19.6 Å². The van der Waals surface area contributed by atoms with Crippen molar-refractivity contribution >= 4 is 17.5 Å². The largest absolute Gasteiger partial charge is 0.441 e. The van der Waals surface area contributed by atoms with Gasteiger partial charge in [0, 0.05) is 12.6 Å². The first-order valence-corrected chi connectivity index (χ1v) is 9.64. The zero-order valence-electron chi connectivity index (χ0n) is 15.4. The molecule has 1 unspecified atom stereocenters. The van der Waals surface area contributed by atoms with E-state index in [4.69, 9.17) is 16.0 Å². The number of amides is 1. The minimum atomic E-state index is -0.0315. The van der Waals surface area contributed by atoms with Gasteiger partial charge < -0.3 is 9.73 Å². The zero-order valence-corrected chi connectivity index (χ0v) is 16.2. The second kappa shape index (κ2) is 8.69. The summed E-state index contributed by atoms with van der Waals surface area (Å²) >= 11 is 6.20. The number of hydrogen-bond donors (Lipinski definition) is 1. The van der Waals surface area contributed by atoms with E-state index in [9.17, 15) is 4.79 Å². The Morgan fingerprint density at radius 1 is 1.31 bits per heavy atom. The molecular formula is C20H26ClN3O2. The Bertz CT molecular complexity index is 753. The van der Waals surface area contributed by atoms with Crippen LogP contribution in [0.3, 0.4) is 0 Å². The molecule has 0 bridgehead atoms. The fraction of sp³-hybridized carbons (Fsp3) is 0.500. The van der Waals surface area contributed by atoms with E-state index < -0.39 is 0 Å². The summed E-state index contributed by atoms with van der Waals surface area (Å²) in [6.07, 6.45) is 4.03. The number of aromatic nitrogens is 1. The lowest BCUT2D eigenvalue weighted by Gasteiger charge is -2.32. The van der Waals surface area contributed by atoms with E-state index in [1.54, 1.807) is 6.07 Å². The van der Waals surface area contributed by atoms with Crippen molar-refractivity contribution in [1.82, 2.24) is 15.2 Å². The quantitative estimate of drug-likeness (QED) is 0.833. The fourth-order valence-corrected chi connectivity index (χ4v) is 3.52. The van der Waals surface area contributed by atoms with E-state index in [1.165, 1.54) is 19.3 Å². The number of halogens is 1. The van der Waals surface area contributed by atoms with Gasteiger partial charge in [-0.15, -0.1) is 0 Å². The molecule has 1 aromatic heterocycles. The van der Waals surface area contributed by atoms with Crippen LogP contribution in [0.1, 0.15) is 37.6 Å².